The van der Waals surface area contributed by atoms with Crippen molar-refractivity contribution < 1.29 is 22.7 Å². The molecule has 1 saturated carbocycles. The van der Waals surface area contributed by atoms with Gasteiger partial charge in [-0.3, -0.25) is 13.9 Å². The summed E-state index contributed by atoms with van der Waals surface area (Å²) in [7, 11) is -4.12. The van der Waals surface area contributed by atoms with Crippen LogP contribution in [0.5, 0.6) is 5.75 Å². The lowest BCUT2D eigenvalue weighted by atomic mass is 9.95. The Bertz CT molecular complexity index is 1440. The maximum atomic E-state index is 14.1. The predicted octanol–water partition coefficient (Wildman–Crippen LogP) is 5.91. The number of anilines is 1. The molecule has 0 saturated heterocycles. The molecule has 0 aliphatic heterocycles. The number of sulfonamides is 1. The average molecular weight is 657 g/mol. The van der Waals surface area contributed by atoms with Gasteiger partial charge in [0, 0.05) is 17.1 Å². The summed E-state index contributed by atoms with van der Waals surface area (Å²) >= 11 is 3.48. The standard InChI is InChI=1S/C32H38BrN3O5S/c1-3-41-29-19-17-28(18-20-29)36(42(39,40)30-15-8-5-9-16-30)23-31(37)35(22-25-11-10-12-26(33)21-25)24(2)32(38)34-27-13-6-4-7-14-27/h5,8-12,15-21,24,27H,3-4,6-7,13-14,22-23H2,1-2H3,(H,34,38). The molecule has 1 fully saturated rings. The molecule has 0 bridgehead atoms. The van der Waals surface area contributed by atoms with E-state index in [0.717, 1.165) is 46.4 Å². The lowest BCUT2D eigenvalue weighted by Crippen LogP contribution is -2.53. The number of halogens is 1. The minimum atomic E-state index is -4.12. The van der Waals surface area contributed by atoms with Gasteiger partial charge < -0.3 is 15.0 Å². The second-order valence-electron chi connectivity index (χ2n) is 10.4. The highest BCUT2D eigenvalue weighted by Crippen LogP contribution is 2.27. The molecule has 1 N–H and O–H groups in total. The first-order chi connectivity index (χ1) is 20.2. The number of carbonyl (C=O) groups is 2. The fourth-order valence-electron chi connectivity index (χ4n) is 5.11. The predicted molar refractivity (Wildman–Crippen MR) is 168 cm³/mol. The third-order valence-electron chi connectivity index (χ3n) is 7.41. The lowest BCUT2D eigenvalue weighted by molar-refractivity contribution is -0.139. The zero-order valence-electron chi connectivity index (χ0n) is 24.0. The van der Waals surface area contributed by atoms with Crippen molar-refractivity contribution in [2.75, 3.05) is 17.5 Å². The van der Waals surface area contributed by atoms with Crippen LogP contribution in [0.2, 0.25) is 0 Å². The van der Waals surface area contributed by atoms with E-state index in [-0.39, 0.29) is 23.4 Å². The topological polar surface area (TPSA) is 96.0 Å². The van der Waals surface area contributed by atoms with Gasteiger partial charge in [0.1, 0.15) is 18.3 Å². The molecule has 10 heteroatoms. The van der Waals surface area contributed by atoms with Gasteiger partial charge in [-0.15, -0.1) is 0 Å². The van der Waals surface area contributed by atoms with E-state index in [0.29, 0.717) is 18.0 Å². The average Bonchev–Trinajstić information content (AvgIpc) is 3.00. The molecular formula is C32H38BrN3O5S. The quantitative estimate of drug-likeness (QED) is 0.262. The molecule has 1 aliphatic carbocycles. The van der Waals surface area contributed by atoms with E-state index >= 15 is 0 Å². The fourth-order valence-corrected chi connectivity index (χ4v) is 6.99. The van der Waals surface area contributed by atoms with E-state index in [2.05, 4.69) is 21.2 Å². The molecule has 4 rings (SSSR count). The van der Waals surface area contributed by atoms with Crippen LogP contribution >= 0.6 is 15.9 Å². The summed E-state index contributed by atoms with van der Waals surface area (Å²) in [5.74, 6) is -0.146. The van der Waals surface area contributed by atoms with Gasteiger partial charge >= 0.3 is 0 Å². The highest BCUT2D eigenvalue weighted by atomic mass is 79.9. The van der Waals surface area contributed by atoms with Crippen molar-refractivity contribution >= 4 is 43.5 Å². The second kappa shape index (κ2) is 14.7. The van der Waals surface area contributed by atoms with Crippen LogP contribution < -0.4 is 14.4 Å². The Kier molecular flexibility index (Phi) is 11.0. The van der Waals surface area contributed by atoms with Crippen molar-refractivity contribution in [3.05, 3.63) is 88.9 Å². The molecule has 224 valence electrons. The van der Waals surface area contributed by atoms with Crippen molar-refractivity contribution in [1.29, 1.82) is 0 Å². The molecular weight excluding hydrogens is 618 g/mol. The van der Waals surface area contributed by atoms with Crippen molar-refractivity contribution in [2.24, 2.45) is 0 Å². The highest BCUT2D eigenvalue weighted by molar-refractivity contribution is 9.10. The SMILES string of the molecule is CCOc1ccc(N(CC(=O)N(Cc2cccc(Br)c2)C(C)C(=O)NC2CCCCC2)S(=O)(=O)c2ccccc2)cc1. The van der Waals surface area contributed by atoms with Gasteiger partial charge in [0.05, 0.1) is 17.2 Å². The summed E-state index contributed by atoms with van der Waals surface area (Å²) in [6.45, 7) is 3.68. The molecule has 3 aromatic rings. The zero-order valence-corrected chi connectivity index (χ0v) is 26.4. The van der Waals surface area contributed by atoms with Crippen LogP contribution in [0.1, 0.15) is 51.5 Å². The number of benzene rings is 3. The van der Waals surface area contributed by atoms with Gasteiger partial charge in [0.2, 0.25) is 11.8 Å². The van der Waals surface area contributed by atoms with Crippen LogP contribution in [-0.2, 0) is 26.2 Å². The van der Waals surface area contributed by atoms with E-state index in [1.807, 2.05) is 31.2 Å². The number of carbonyl (C=O) groups excluding carboxylic acids is 2. The van der Waals surface area contributed by atoms with Gasteiger partial charge in [-0.25, -0.2) is 8.42 Å². The van der Waals surface area contributed by atoms with Crippen LogP contribution in [0.4, 0.5) is 5.69 Å². The molecule has 3 aromatic carbocycles. The summed E-state index contributed by atoms with van der Waals surface area (Å²) in [4.78, 5) is 29.1. The Labute approximate surface area is 257 Å². The molecule has 0 radical (unpaired) electrons. The summed E-state index contributed by atoms with van der Waals surface area (Å²) in [5, 5.41) is 3.12. The first-order valence-corrected chi connectivity index (χ1v) is 16.6. The highest BCUT2D eigenvalue weighted by Gasteiger charge is 2.33. The van der Waals surface area contributed by atoms with Crippen LogP contribution in [0.25, 0.3) is 0 Å². The van der Waals surface area contributed by atoms with Crippen molar-refractivity contribution in [3.8, 4) is 5.75 Å². The van der Waals surface area contributed by atoms with Crippen molar-refractivity contribution in [1.82, 2.24) is 10.2 Å². The number of amides is 2. The smallest absolute Gasteiger partial charge is 0.264 e. The maximum Gasteiger partial charge on any atom is 0.264 e. The summed E-state index contributed by atoms with van der Waals surface area (Å²) < 4.78 is 35.3. The molecule has 8 nitrogen and oxygen atoms in total. The van der Waals surface area contributed by atoms with Crippen LogP contribution in [0, 0.1) is 0 Å². The Hall–Kier alpha value is -3.37. The van der Waals surface area contributed by atoms with Crippen LogP contribution in [0.15, 0.2) is 88.2 Å². The van der Waals surface area contributed by atoms with Crippen molar-refractivity contribution in [3.63, 3.8) is 0 Å². The first-order valence-electron chi connectivity index (χ1n) is 14.3. The Balaban J connectivity index is 1.67. The third kappa shape index (κ3) is 8.13. The second-order valence-corrected chi connectivity index (χ2v) is 13.2. The lowest BCUT2D eigenvalue weighted by Gasteiger charge is -2.33. The number of nitrogens with zero attached hydrogens (tertiary/aromatic N) is 2. The minimum absolute atomic E-state index is 0.0633. The van der Waals surface area contributed by atoms with Crippen LogP contribution in [-0.4, -0.2) is 50.4 Å². The summed E-state index contributed by atoms with van der Waals surface area (Å²) in [5.41, 5.74) is 1.13. The van der Waals surface area contributed by atoms with Gasteiger partial charge in [-0.2, -0.15) is 0 Å². The number of ether oxygens (including phenoxy) is 1. The van der Waals surface area contributed by atoms with E-state index in [9.17, 15) is 18.0 Å². The fraction of sp³-hybridized carbons (Fsp3) is 0.375. The minimum Gasteiger partial charge on any atom is -0.494 e. The number of nitrogens with one attached hydrogen (secondary N) is 1. The van der Waals surface area contributed by atoms with E-state index in [1.165, 1.54) is 17.0 Å². The van der Waals surface area contributed by atoms with E-state index in [4.69, 9.17) is 4.74 Å². The first kappa shape index (κ1) is 31.6. The molecule has 0 heterocycles. The number of hydrogen-bond acceptors (Lipinski definition) is 5. The van der Waals surface area contributed by atoms with Gasteiger partial charge in [-0.05, 0) is 80.8 Å². The summed E-state index contributed by atoms with van der Waals surface area (Å²) in [6, 6.07) is 21.4. The Morgan fingerprint density at radius 3 is 2.31 bits per heavy atom. The van der Waals surface area contributed by atoms with Gasteiger partial charge in [-0.1, -0.05) is 65.5 Å². The van der Waals surface area contributed by atoms with Gasteiger partial charge in [0.25, 0.3) is 10.0 Å². The van der Waals surface area contributed by atoms with Gasteiger partial charge in [0.15, 0.2) is 0 Å². The molecule has 42 heavy (non-hydrogen) atoms. The monoisotopic (exact) mass is 655 g/mol. The van der Waals surface area contributed by atoms with E-state index in [1.54, 1.807) is 49.4 Å². The number of hydrogen-bond donors (Lipinski definition) is 1. The molecule has 0 spiro atoms. The molecule has 1 unspecified atom stereocenters. The zero-order chi connectivity index (χ0) is 30.1. The summed E-state index contributed by atoms with van der Waals surface area (Å²) in [6.07, 6.45) is 5.12. The third-order valence-corrected chi connectivity index (χ3v) is 9.69. The molecule has 1 aliphatic rings. The Morgan fingerprint density at radius 2 is 1.67 bits per heavy atom. The Morgan fingerprint density at radius 1 is 0.976 bits per heavy atom. The molecule has 0 aromatic heterocycles. The number of rotatable bonds is 12. The largest absolute Gasteiger partial charge is 0.494 e. The van der Waals surface area contributed by atoms with Crippen LogP contribution in [0.3, 0.4) is 0 Å². The maximum absolute atomic E-state index is 14.1. The molecule has 1 atom stereocenters. The molecule has 2 amide bonds. The normalized spacial score (nSPS) is 14.5. The van der Waals surface area contributed by atoms with E-state index < -0.39 is 28.5 Å². The van der Waals surface area contributed by atoms with Crippen molar-refractivity contribution in [2.45, 2.75) is 69.5 Å².